The molecule has 2 N–H and O–H groups in total. The first-order valence-corrected chi connectivity index (χ1v) is 9.06. The van der Waals surface area contributed by atoms with E-state index in [4.69, 9.17) is 18.9 Å². The average molecular weight is 415 g/mol. The highest BCUT2D eigenvalue weighted by atomic mass is 16.7. The van der Waals surface area contributed by atoms with Crippen molar-refractivity contribution in [2.75, 3.05) is 13.2 Å². The van der Waals surface area contributed by atoms with E-state index in [0.29, 0.717) is 6.42 Å². The number of urea groups is 1. The van der Waals surface area contributed by atoms with Crippen molar-refractivity contribution >= 4 is 29.8 Å². The third-order valence-corrected chi connectivity index (χ3v) is 4.24. The van der Waals surface area contributed by atoms with Crippen molar-refractivity contribution in [1.29, 1.82) is 0 Å². The van der Waals surface area contributed by atoms with Crippen molar-refractivity contribution in [1.82, 2.24) is 15.5 Å². The van der Waals surface area contributed by atoms with E-state index in [-0.39, 0.29) is 19.1 Å². The van der Waals surface area contributed by atoms with E-state index in [2.05, 4.69) is 10.6 Å². The van der Waals surface area contributed by atoms with Gasteiger partial charge in [0.1, 0.15) is 18.9 Å². The van der Waals surface area contributed by atoms with E-state index in [1.807, 2.05) is 0 Å². The quantitative estimate of drug-likeness (QED) is 0.412. The monoisotopic (exact) mass is 415 g/mol. The molecule has 2 saturated heterocycles. The normalized spacial score (nSPS) is 28.9. The molecule has 12 heteroatoms. The fraction of sp³-hybridized carbons (Fsp3) is 0.706. The van der Waals surface area contributed by atoms with Crippen LogP contribution < -0.4 is 10.6 Å². The number of nitrogens with zero attached hydrogens (tertiary/aromatic N) is 1. The molecule has 0 aromatic carbocycles. The second kappa shape index (κ2) is 9.54. The number of amides is 3. The van der Waals surface area contributed by atoms with Crippen LogP contribution in [0.5, 0.6) is 0 Å². The zero-order chi connectivity index (χ0) is 21.7. The summed E-state index contributed by atoms with van der Waals surface area (Å²) in [5, 5.41) is 5.20. The van der Waals surface area contributed by atoms with Crippen molar-refractivity contribution in [2.24, 2.45) is 0 Å². The number of esters is 3. The summed E-state index contributed by atoms with van der Waals surface area (Å²) >= 11 is 0. The van der Waals surface area contributed by atoms with Crippen LogP contribution in [0.2, 0.25) is 0 Å². The number of hydrogen-bond acceptors (Lipinski definition) is 9. The fourth-order valence-electron chi connectivity index (χ4n) is 3.21. The van der Waals surface area contributed by atoms with E-state index >= 15 is 0 Å². The first-order valence-electron chi connectivity index (χ1n) is 9.06. The second-order valence-electron chi connectivity index (χ2n) is 6.70. The van der Waals surface area contributed by atoms with Gasteiger partial charge in [-0.2, -0.15) is 0 Å². The van der Waals surface area contributed by atoms with E-state index in [9.17, 15) is 24.0 Å². The van der Waals surface area contributed by atoms with Crippen molar-refractivity contribution in [3.63, 3.8) is 0 Å². The first kappa shape index (κ1) is 22.4. The summed E-state index contributed by atoms with van der Waals surface area (Å²) in [6.45, 7) is 4.80. The molecule has 0 saturated carbocycles. The van der Waals surface area contributed by atoms with Crippen LogP contribution in [0, 0.1) is 0 Å². The number of rotatable bonds is 6. The molecular weight excluding hydrogens is 390 g/mol. The Hall–Kier alpha value is -2.89. The summed E-state index contributed by atoms with van der Waals surface area (Å²) in [6.07, 6.45) is -4.42. The van der Waals surface area contributed by atoms with Gasteiger partial charge in [-0.1, -0.05) is 0 Å². The predicted molar refractivity (Wildman–Crippen MR) is 93.9 cm³/mol. The minimum Gasteiger partial charge on any atom is -0.463 e. The Bertz CT molecular complexity index is 683. The largest absolute Gasteiger partial charge is 0.463 e. The average Bonchev–Trinajstić information content (AvgIpc) is 2.89. The highest BCUT2D eigenvalue weighted by molar-refractivity contribution is 5.78. The Morgan fingerprint density at radius 1 is 1.07 bits per heavy atom. The highest BCUT2D eigenvalue weighted by Crippen LogP contribution is 2.31. The van der Waals surface area contributed by atoms with Crippen LogP contribution in [-0.4, -0.2) is 78.6 Å². The van der Waals surface area contributed by atoms with Crippen LogP contribution >= 0.6 is 0 Å². The third-order valence-electron chi connectivity index (χ3n) is 4.24. The van der Waals surface area contributed by atoms with Crippen LogP contribution in [-0.2, 0) is 38.1 Å². The molecule has 0 radical (unpaired) electrons. The highest BCUT2D eigenvalue weighted by Gasteiger charge is 2.53. The SMILES string of the molecule is CC(=O)N[C@H]1CCN([C@H]2O[C@@H](COC(C)=O)[C@@H](OC(C)=O)[C@H]2OC(C)=O)C(=O)N1. The minimum atomic E-state index is -1.12. The Labute approximate surface area is 167 Å². The summed E-state index contributed by atoms with van der Waals surface area (Å²) in [4.78, 5) is 59.4. The van der Waals surface area contributed by atoms with Gasteiger partial charge < -0.3 is 29.6 Å². The van der Waals surface area contributed by atoms with Gasteiger partial charge in [0.05, 0.1) is 0 Å². The van der Waals surface area contributed by atoms with Crippen LogP contribution in [0.4, 0.5) is 4.79 Å². The number of carbonyl (C=O) groups is 5. The molecule has 12 nitrogen and oxygen atoms in total. The molecule has 2 rings (SSSR count). The topological polar surface area (TPSA) is 150 Å². The Morgan fingerprint density at radius 2 is 1.69 bits per heavy atom. The van der Waals surface area contributed by atoms with E-state index in [1.54, 1.807) is 0 Å². The molecule has 0 aromatic rings. The molecule has 2 fully saturated rings. The fourth-order valence-corrected chi connectivity index (χ4v) is 3.21. The van der Waals surface area contributed by atoms with Crippen molar-refractivity contribution < 1.29 is 42.9 Å². The molecule has 0 aliphatic carbocycles. The molecule has 0 bridgehead atoms. The van der Waals surface area contributed by atoms with Gasteiger partial charge in [0.2, 0.25) is 5.91 Å². The Balaban J connectivity index is 2.21. The molecule has 29 heavy (non-hydrogen) atoms. The maximum absolute atomic E-state index is 12.6. The maximum Gasteiger partial charge on any atom is 0.321 e. The minimum absolute atomic E-state index is 0.173. The molecule has 2 aliphatic heterocycles. The molecule has 5 atom stereocenters. The van der Waals surface area contributed by atoms with Crippen LogP contribution in [0.1, 0.15) is 34.1 Å². The summed E-state index contributed by atoms with van der Waals surface area (Å²) in [5.41, 5.74) is 0. The summed E-state index contributed by atoms with van der Waals surface area (Å²) < 4.78 is 21.3. The van der Waals surface area contributed by atoms with E-state index < -0.39 is 54.6 Å². The molecule has 3 amide bonds. The lowest BCUT2D eigenvalue weighted by atomic mass is 10.1. The molecule has 2 heterocycles. The van der Waals surface area contributed by atoms with Crippen molar-refractivity contribution in [2.45, 2.75) is 64.8 Å². The Kier molecular flexibility index (Phi) is 7.37. The molecule has 0 aromatic heterocycles. The lowest BCUT2D eigenvalue weighted by molar-refractivity contribution is -0.167. The molecule has 2 aliphatic rings. The van der Waals surface area contributed by atoms with Gasteiger partial charge in [0.15, 0.2) is 18.4 Å². The van der Waals surface area contributed by atoms with Gasteiger partial charge in [-0.3, -0.25) is 24.1 Å². The summed E-state index contributed by atoms with van der Waals surface area (Å²) in [6, 6.07) is -0.563. The predicted octanol–water partition coefficient (Wildman–Crippen LogP) is -0.985. The van der Waals surface area contributed by atoms with Crippen molar-refractivity contribution in [3.05, 3.63) is 0 Å². The van der Waals surface area contributed by atoms with E-state index in [0.717, 1.165) is 0 Å². The van der Waals surface area contributed by atoms with Gasteiger partial charge >= 0.3 is 23.9 Å². The van der Waals surface area contributed by atoms with Gasteiger partial charge in [-0.05, 0) is 0 Å². The van der Waals surface area contributed by atoms with Gasteiger partial charge in [0.25, 0.3) is 0 Å². The van der Waals surface area contributed by atoms with Gasteiger partial charge in [0, 0.05) is 40.7 Å². The standard InChI is InChI=1S/C17H25N3O9/c1-8(21)18-13-5-6-20(17(25)19-13)16-15(28-11(4)24)14(27-10(3)23)12(29-16)7-26-9(2)22/h12-16H,5-7H2,1-4H3,(H,18,21)(H,19,25)/t12-,13+,14+,15+,16-/m0/s1. The lowest BCUT2D eigenvalue weighted by Crippen LogP contribution is -2.62. The van der Waals surface area contributed by atoms with Gasteiger partial charge in [-0.25, -0.2) is 4.79 Å². The van der Waals surface area contributed by atoms with E-state index in [1.165, 1.54) is 32.6 Å². The van der Waals surface area contributed by atoms with Gasteiger partial charge in [-0.15, -0.1) is 0 Å². The summed E-state index contributed by atoms with van der Waals surface area (Å²) in [5.74, 6) is -2.19. The number of carbonyl (C=O) groups excluding carboxylic acids is 5. The maximum atomic E-state index is 12.6. The van der Waals surface area contributed by atoms with Crippen LogP contribution in [0.25, 0.3) is 0 Å². The first-order chi connectivity index (χ1) is 13.6. The zero-order valence-electron chi connectivity index (χ0n) is 16.6. The summed E-state index contributed by atoms with van der Waals surface area (Å²) in [7, 11) is 0. The van der Waals surface area contributed by atoms with Crippen LogP contribution in [0.15, 0.2) is 0 Å². The number of hydrogen-bond donors (Lipinski definition) is 2. The molecule has 0 spiro atoms. The molecular formula is C17H25N3O9. The molecule has 0 unspecified atom stereocenters. The number of nitrogens with one attached hydrogen (secondary N) is 2. The third kappa shape index (κ3) is 6.04. The lowest BCUT2D eigenvalue weighted by Gasteiger charge is -2.37. The Morgan fingerprint density at radius 3 is 2.21 bits per heavy atom. The number of ether oxygens (including phenoxy) is 4. The second-order valence-corrected chi connectivity index (χ2v) is 6.70. The van der Waals surface area contributed by atoms with Crippen LogP contribution in [0.3, 0.4) is 0 Å². The smallest absolute Gasteiger partial charge is 0.321 e. The van der Waals surface area contributed by atoms with Crippen molar-refractivity contribution in [3.8, 4) is 0 Å². The molecule has 162 valence electrons. The zero-order valence-corrected chi connectivity index (χ0v) is 16.6.